The van der Waals surface area contributed by atoms with Crippen LogP contribution in [-0.2, 0) is 12.8 Å². The van der Waals surface area contributed by atoms with Crippen LogP contribution in [0.25, 0.3) is 15.9 Å². The SMILES string of the molecule is Cc1nc(N/N=C/c2c(C)nn(-c3cccc(Cl)c3)c2Cl)c2c3c(sc2n1)CCCC3. The Labute approximate surface area is 193 Å². The summed E-state index contributed by atoms with van der Waals surface area (Å²) in [5.41, 5.74) is 6.81. The lowest BCUT2D eigenvalue weighted by Gasteiger charge is -2.11. The number of nitrogens with one attached hydrogen (secondary N) is 1. The molecule has 0 amide bonds. The van der Waals surface area contributed by atoms with Crippen LogP contribution in [0.4, 0.5) is 5.82 Å². The monoisotopic (exact) mass is 470 g/mol. The fourth-order valence-electron chi connectivity index (χ4n) is 3.94. The van der Waals surface area contributed by atoms with Gasteiger partial charge in [-0.25, -0.2) is 14.6 Å². The summed E-state index contributed by atoms with van der Waals surface area (Å²) in [5, 5.41) is 11.2. The normalized spacial score (nSPS) is 13.8. The van der Waals surface area contributed by atoms with Crippen LogP contribution < -0.4 is 5.43 Å². The molecule has 4 aromatic rings. The van der Waals surface area contributed by atoms with E-state index in [1.807, 2.05) is 38.1 Å². The average molecular weight is 471 g/mol. The molecule has 3 heterocycles. The highest BCUT2D eigenvalue weighted by Gasteiger charge is 2.20. The second-order valence-corrected chi connectivity index (χ2v) is 9.44. The van der Waals surface area contributed by atoms with Crippen molar-refractivity contribution in [3.63, 3.8) is 0 Å². The molecular formula is C22H20Cl2N6S. The number of thiophene rings is 1. The number of rotatable bonds is 4. The summed E-state index contributed by atoms with van der Waals surface area (Å²) >= 11 is 14.5. The van der Waals surface area contributed by atoms with Gasteiger partial charge in [-0.15, -0.1) is 11.3 Å². The fourth-order valence-corrected chi connectivity index (χ4v) is 5.75. The average Bonchev–Trinajstić information content (AvgIpc) is 3.25. The van der Waals surface area contributed by atoms with Gasteiger partial charge < -0.3 is 0 Å². The van der Waals surface area contributed by atoms with E-state index in [-0.39, 0.29) is 0 Å². The van der Waals surface area contributed by atoms with Crippen molar-refractivity contribution in [1.29, 1.82) is 0 Å². The van der Waals surface area contributed by atoms with E-state index < -0.39 is 0 Å². The number of aromatic nitrogens is 4. The van der Waals surface area contributed by atoms with E-state index >= 15 is 0 Å². The molecule has 1 aliphatic rings. The molecule has 9 heteroatoms. The maximum Gasteiger partial charge on any atom is 0.158 e. The van der Waals surface area contributed by atoms with Gasteiger partial charge in [0.25, 0.3) is 0 Å². The summed E-state index contributed by atoms with van der Waals surface area (Å²) in [6.45, 7) is 3.81. The molecule has 0 atom stereocenters. The molecule has 0 unspecified atom stereocenters. The first-order valence-electron chi connectivity index (χ1n) is 10.1. The zero-order chi connectivity index (χ0) is 21.5. The number of hydrogen-bond acceptors (Lipinski definition) is 6. The number of aryl methyl sites for hydroxylation is 4. The summed E-state index contributed by atoms with van der Waals surface area (Å²) in [6.07, 6.45) is 6.31. The predicted octanol–water partition coefficient (Wildman–Crippen LogP) is 6.13. The minimum absolute atomic E-state index is 0.474. The Morgan fingerprint density at radius 1 is 1.16 bits per heavy atom. The van der Waals surface area contributed by atoms with Crippen molar-refractivity contribution in [1.82, 2.24) is 19.7 Å². The van der Waals surface area contributed by atoms with Crippen LogP contribution in [-0.4, -0.2) is 26.0 Å². The third kappa shape index (κ3) is 3.82. The first-order valence-corrected chi connectivity index (χ1v) is 11.7. The number of benzene rings is 1. The molecule has 5 rings (SSSR count). The maximum atomic E-state index is 6.61. The first kappa shape index (κ1) is 20.4. The molecule has 0 aliphatic heterocycles. The highest BCUT2D eigenvalue weighted by atomic mass is 35.5. The van der Waals surface area contributed by atoms with Crippen molar-refractivity contribution in [2.45, 2.75) is 39.5 Å². The van der Waals surface area contributed by atoms with Gasteiger partial charge in [-0.3, -0.25) is 5.43 Å². The molecule has 1 N–H and O–H groups in total. The van der Waals surface area contributed by atoms with Gasteiger partial charge in [0, 0.05) is 9.90 Å². The lowest BCUT2D eigenvalue weighted by molar-refractivity contribution is 0.700. The third-order valence-corrected chi connectivity index (χ3v) is 7.18. The second-order valence-electron chi connectivity index (χ2n) is 7.56. The molecule has 1 aromatic carbocycles. The van der Waals surface area contributed by atoms with Gasteiger partial charge in [-0.05, 0) is 63.3 Å². The number of nitrogens with zero attached hydrogens (tertiary/aromatic N) is 5. The third-order valence-electron chi connectivity index (χ3n) is 5.39. The van der Waals surface area contributed by atoms with E-state index in [9.17, 15) is 0 Å². The van der Waals surface area contributed by atoms with Gasteiger partial charge >= 0.3 is 0 Å². The largest absolute Gasteiger partial charge is 0.261 e. The second kappa shape index (κ2) is 8.22. The lowest BCUT2D eigenvalue weighted by atomic mass is 9.97. The Hall–Kier alpha value is -2.48. The number of halogens is 2. The van der Waals surface area contributed by atoms with Crippen molar-refractivity contribution < 1.29 is 0 Å². The highest BCUT2D eigenvalue weighted by molar-refractivity contribution is 7.19. The molecular weight excluding hydrogens is 451 g/mol. The van der Waals surface area contributed by atoms with Gasteiger partial charge in [-0.2, -0.15) is 10.2 Å². The van der Waals surface area contributed by atoms with E-state index in [0.29, 0.717) is 10.2 Å². The van der Waals surface area contributed by atoms with Crippen LogP contribution in [0.15, 0.2) is 29.4 Å². The van der Waals surface area contributed by atoms with Crippen LogP contribution in [0, 0.1) is 13.8 Å². The molecule has 1 aliphatic carbocycles. The smallest absolute Gasteiger partial charge is 0.158 e. The van der Waals surface area contributed by atoms with Gasteiger partial charge in [0.2, 0.25) is 0 Å². The van der Waals surface area contributed by atoms with Crippen molar-refractivity contribution in [2.75, 3.05) is 5.43 Å². The van der Waals surface area contributed by atoms with Gasteiger partial charge in [0.1, 0.15) is 15.8 Å². The molecule has 0 radical (unpaired) electrons. The number of hydrogen-bond donors (Lipinski definition) is 1. The molecule has 0 saturated carbocycles. The summed E-state index contributed by atoms with van der Waals surface area (Å²) in [7, 11) is 0. The zero-order valence-corrected chi connectivity index (χ0v) is 19.4. The van der Waals surface area contributed by atoms with Gasteiger partial charge in [-0.1, -0.05) is 29.3 Å². The molecule has 0 saturated heterocycles. The Morgan fingerprint density at radius 2 is 2.00 bits per heavy atom. The summed E-state index contributed by atoms with van der Waals surface area (Å²) < 4.78 is 1.66. The fraction of sp³-hybridized carbons (Fsp3) is 0.273. The number of fused-ring (bicyclic) bond motifs is 3. The Morgan fingerprint density at radius 3 is 2.84 bits per heavy atom. The van der Waals surface area contributed by atoms with Gasteiger partial charge in [0.05, 0.1) is 28.5 Å². The molecule has 0 spiro atoms. The minimum atomic E-state index is 0.474. The number of hydrazone groups is 1. The molecule has 6 nitrogen and oxygen atoms in total. The molecule has 31 heavy (non-hydrogen) atoms. The summed E-state index contributed by atoms with van der Waals surface area (Å²) in [5.74, 6) is 1.47. The van der Waals surface area contributed by atoms with Crippen LogP contribution in [0.1, 0.15) is 40.4 Å². The van der Waals surface area contributed by atoms with Crippen LogP contribution >= 0.6 is 34.5 Å². The number of anilines is 1. The zero-order valence-electron chi connectivity index (χ0n) is 17.1. The van der Waals surface area contributed by atoms with Crippen LogP contribution in [0.2, 0.25) is 10.2 Å². The van der Waals surface area contributed by atoms with Crippen LogP contribution in [0.5, 0.6) is 0 Å². The Kier molecular flexibility index (Phi) is 5.42. The van der Waals surface area contributed by atoms with Crippen molar-refractivity contribution >= 4 is 56.8 Å². The van der Waals surface area contributed by atoms with E-state index in [4.69, 9.17) is 23.2 Å². The first-order chi connectivity index (χ1) is 15.0. The standard InChI is InChI=1S/C22H20Cl2N6S/c1-12-17(20(24)30(29-12)15-7-5-6-14(23)10-15)11-25-28-21-19-16-8-3-4-9-18(16)31-22(19)27-13(2)26-21/h5-7,10-11H,3-4,8-9H2,1-2H3,(H,26,27,28)/b25-11+. The lowest BCUT2D eigenvalue weighted by Crippen LogP contribution is -2.02. The molecule has 158 valence electrons. The highest BCUT2D eigenvalue weighted by Crippen LogP contribution is 2.38. The van der Waals surface area contributed by atoms with E-state index in [1.165, 1.54) is 23.3 Å². The molecule has 0 bridgehead atoms. The molecule has 0 fully saturated rings. The topological polar surface area (TPSA) is 68.0 Å². The van der Waals surface area contributed by atoms with Crippen molar-refractivity contribution in [3.05, 3.63) is 62.0 Å². The van der Waals surface area contributed by atoms with E-state index in [0.717, 1.165) is 51.6 Å². The van der Waals surface area contributed by atoms with E-state index in [1.54, 1.807) is 22.2 Å². The predicted molar refractivity (Wildman–Crippen MR) is 128 cm³/mol. The Bertz CT molecular complexity index is 1320. The maximum absolute atomic E-state index is 6.61. The minimum Gasteiger partial charge on any atom is -0.261 e. The van der Waals surface area contributed by atoms with Crippen molar-refractivity contribution in [2.24, 2.45) is 5.10 Å². The van der Waals surface area contributed by atoms with E-state index in [2.05, 4.69) is 25.6 Å². The van der Waals surface area contributed by atoms with Crippen LogP contribution in [0.3, 0.4) is 0 Å². The quantitative estimate of drug-likeness (QED) is 0.287. The van der Waals surface area contributed by atoms with Gasteiger partial charge in [0.15, 0.2) is 5.82 Å². The Balaban J connectivity index is 1.48. The summed E-state index contributed by atoms with van der Waals surface area (Å²) in [4.78, 5) is 11.7. The van der Waals surface area contributed by atoms with Crippen molar-refractivity contribution in [3.8, 4) is 5.69 Å². The summed E-state index contributed by atoms with van der Waals surface area (Å²) in [6, 6.07) is 7.41. The molecule has 3 aromatic heterocycles.